The Hall–Kier alpha value is -2.19. The first kappa shape index (κ1) is 15.7. The Balaban J connectivity index is 1.83. The molecule has 0 aliphatic carbocycles. The van der Waals surface area contributed by atoms with Crippen molar-refractivity contribution in [3.05, 3.63) is 21.8 Å². The number of ether oxygens (including phenoxy) is 1. The van der Waals surface area contributed by atoms with Crippen molar-refractivity contribution in [2.45, 2.75) is 26.8 Å². The van der Waals surface area contributed by atoms with Crippen LogP contribution in [0, 0.1) is 13.8 Å². The fourth-order valence-corrected chi connectivity index (χ4v) is 2.88. The van der Waals surface area contributed by atoms with E-state index in [1.807, 2.05) is 11.8 Å². The molecule has 1 aliphatic rings. The molecule has 1 atom stereocenters. The van der Waals surface area contributed by atoms with Gasteiger partial charge in [-0.3, -0.25) is 19.8 Å². The van der Waals surface area contributed by atoms with Gasteiger partial charge < -0.3 is 9.15 Å². The Morgan fingerprint density at radius 2 is 2.22 bits per heavy atom. The Morgan fingerprint density at radius 3 is 2.96 bits per heavy atom. The van der Waals surface area contributed by atoms with Gasteiger partial charge in [0.1, 0.15) is 11.1 Å². The van der Waals surface area contributed by atoms with Crippen LogP contribution in [0.2, 0.25) is 0 Å². The third kappa shape index (κ3) is 2.99. The highest BCUT2D eigenvalue weighted by molar-refractivity contribution is 6.01. The van der Waals surface area contributed by atoms with E-state index in [0.717, 1.165) is 0 Å². The second-order valence-corrected chi connectivity index (χ2v) is 5.82. The number of anilines is 1. The van der Waals surface area contributed by atoms with Gasteiger partial charge in [0.15, 0.2) is 0 Å². The topological polar surface area (TPSA) is 100 Å². The first-order valence-corrected chi connectivity index (χ1v) is 7.57. The molecule has 8 nitrogen and oxygen atoms in total. The van der Waals surface area contributed by atoms with Gasteiger partial charge in [0.25, 0.3) is 5.56 Å². The van der Waals surface area contributed by atoms with Crippen LogP contribution in [0.25, 0.3) is 10.8 Å². The van der Waals surface area contributed by atoms with Crippen LogP contribution in [0.5, 0.6) is 0 Å². The molecule has 2 aromatic rings. The van der Waals surface area contributed by atoms with Crippen LogP contribution in [0.15, 0.2) is 9.21 Å². The number of amides is 1. The molecule has 8 heteroatoms. The Kier molecular flexibility index (Phi) is 4.18. The molecular weight excluding hydrogens is 300 g/mol. The van der Waals surface area contributed by atoms with Gasteiger partial charge in [-0.1, -0.05) is 0 Å². The SMILES string of the molecule is Cc1n[nH]c(=O)c2c(NC(=O)CN3CCOC[C@@H]3C)oc(C)c12. The standard InChI is InChI=1S/C15H20N4O4/c1-8-7-22-5-4-19(8)6-11(20)16-15-13-12(10(3)23-15)9(2)17-18-14(13)21/h8H,4-7H2,1-3H3,(H,16,20)(H,18,21)/t8-/m0/s1. The van der Waals surface area contributed by atoms with E-state index < -0.39 is 0 Å². The maximum Gasteiger partial charge on any atom is 0.277 e. The quantitative estimate of drug-likeness (QED) is 0.867. The molecule has 1 aliphatic heterocycles. The number of hydrogen-bond acceptors (Lipinski definition) is 6. The van der Waals surface area contributed by atoms with E-state index in [1.165, 1.54) is 0 Å². The van der Waals surface area contributed by atoms with Crippen molar-refractivity contribution in [2.24, 2.45) is 0 Å². The number of hydrogen-bond donors (Lipinski definition) is 2. The summed E-state index contributed by atoms with van der Waals surface area (Å²) in [6.45, 7) is 7.70. The zero-order valence-electron chi connectivity index (χ0n) is 13.4. The van der Waals surface area contributed by atoms with Crippen molar-refractivity contribution in [1.29, 1.82) is 0 Å². The molecule has 3 rings (SSSR count). The monoisotopic (exact) mass is 320 g/mol. The average Bonchev–Trinajstić information content (AvgIpc) is 2.83. The van der Waals surface area contributed by atoms with E-state index in [2.05, 4.69) is 15.5 Å². The lowest BCUT2D eigenvalue weighted by Crippen LogP contribution is -2.47. The summed E-state index contributed by atoms with van der Waals surface area (Å²) in [5.41, 5.74) is 0.278. The number of fused-ring (bicyclic) bond motifs is 1. The molecule has 2 aromatic heterocycles. The third-order valence-electron chi connectivity index (χ3n) is 4.10. The summed E-state index contributed by atoms with van der Waals surface area (Å²) in [5, 5.41) is 10.0. The molecule has 1 amide bonds. The number of furan rings is 1. The van der Waals surface area contributed by atoms with E-state index in [4.69, 9.17) is 9.15 Å². The van der Waals surface area contributed by atoms with Gasteiger partial charge in [-0.05, 0) is 20.8 Å². The fraction of sp³-hybridized carbons (Fsp3) is 0.533. The minimum atomic E-state index is -0.377. The van der Waals surface area contributed by atoms with E-state index >= 15 is 0 Å². The molecule has 0 radical (unpaired) electrons. The second kappa shape index (κ2) is 6.13. The fourth-order valence-electron chi connectivity index (χ4n) is 2.88. The summed E-state index contributed by atoms with van der Waals surface area (Å²) < 4.78 is 10.9. The zero-order chi connectivity index (χ0) is 16.6. The van der Waals surface area contributed by atoms with Gasteiger partial charge in [-0.25, -0.2) is 5.10 Å². The molecule has 1 fully saturated rings. The van der Waals surface area contributed by atoms with Crippen LogP contribution < -0.4 is 10.9 Å². The maximum absolute atomic E-state index is 12.3. The van der Waals surface area contributed by atoms with E-state index in [-0.39, 0.29) is 29.9 Å². The predicted octanol–water partition coefficient (Wildman–Crippen LogP) is 0.792. The smallest absolute Gasteiger partial charge is 0.277 e. The molecule has 0 aromatic carbocycles. The van der Waals surface area contributed by atoms with Crippen molar-refractivity contribution >= 4 is 22.6 Å². The molecule has 23 heavy (non-hydrogen) atoms. The molecule has 0 unspecified atom stereocenters. The number of aromatic amines is 1. The summed E-state index contributed by atoms with van der Waals surface area (Å²) in [5.74, 6) is 0.518. The molecule has 2 N–H and O–H groups in total. The van der Waals surface area contributed by atoms with Gasteiger partial charge in [-0.15, -0.1) is 0 Å². The summed E-state index contributed by atoms with van der Waals surface area (Å²) in [4.78, 5) is 26.4. The number of H-pyrrole nitrogens is 1. The van der Waals surface area contributed by atoms with Crippen LogP contribution in [-0.2, 0) is 9.53 Å². The van der Waals surface area contributed by atoms with Gasteiger partial charge in [-0.2, -0.15) is 5.10 Å². The number of nitrogens with one attached hydrogen (secondary N) is 2. The molecule has 0 saturated carbocycles. The molecule has 124 valence electrons. The minimum absolute atomic E-state index is 0.176. The lowest BCUT2D eigenvalue weighted by molar-refractivity contribution is -0.119. The van der Waals surface area contributed by atoms with Crippen LogP contribution >= 0.6 is 0 Å². The molecule has 0 spiro atoms. The number of morpholine rings is 1. The van der Waals surface area contributed by atoms with Crippen LogP contribution in [-0.4, -0.2) is 53.3 Å². The largest absolute Gasteiger partial charge is 0.444 e. The van der Waals surface area contributed by atoms with Crippen molar-refractivity contribution < 1.29 is 13.9 Å². The first-order chi connectivity index (χ1) is 11.0. The zero-order valence-corrected chi connectivity index (χ0v) is 13.4. The minimum Gasteiger partial charge on any atom is -0.444 e. The van der Waals surface area contributed by atoms with Crippen molar-refractivity contribution in [2.75, 3.05) is 31.6 Å². The third-order valence-corrected chi connectivity index (χ3v) is 4.10. The average molecular weight is 320 g/mol. The van der Waals surface area contributed by atoms with Crippen molar-refractivity contribution in [1.82, 2.24) is 15.1 Å². The van der Waals surface area contributed by atoms with Gasteiger partial charge in [0.2, 0.25) is 11.8 Å². The normalized spacial score (nSPS) is 19.2. The highest BCUT2D eigenvalue weighted by Gasteiger charge is 2.23. The molecule has 1 saturated heterocycles. The van der Waals surface area contributed by atoms with Crippen LogP contribution in [0.3, 0.4) is 0 Å². The Bertz CT molecular complexity index is 795. The van der Waals surface area contributed by atoms with E-state index in [0.29, 0.717) is 42.0 Å². The lowest BCUT2D eigenvalue weighted by Gasteiger charge is -2.32. The number of nitrogens with zero attached hydrogens (tertiary/aromatic N) is 2. The maximum atomic E-state index is 12.3. The van der Waals surface area contributed by atoms with Gasteiger partial charge >= 0.3 is 0 Å². The number of carbonyl (C=O) groups is 1. The van der Waals surface area contributed by atoms with Gasteiger partial charge in [0.05, 0.1) is 30.8 Å². The van der Waals surface area contributed by atoms with E-state index in [1.54, 1.807) is 13.8 Å². The second-order valence-electron chi connectivity index (χ2n) is 5.82. The molecule has 0 bridgehead atoms. The number of rotatable bonds is 3. The number of aromatic nitrogens is 2. The van der Waals surface area contributed by atoms with Crippen LogP contribution in [0.4, 0.5) is 5.88 Å². The molecule has 3 heterocycles. The predicted molar refractivity (Wildman–Crippen MR) is 84.6 cm³/mol. The Labute approximate surface area is 132 Å². The number of aryl methyl sites for hydroxylation is 2. The van der Waals surface area contributed by atoms with Crippen LogP contribution in [0.1, 0.15) is 18.4 Å². The van der Waals surface area contributed by atoms with Gasteiger partial charge in [0, 0.05) is 12.6 Å². The van der Waals surface area contributed by atoms with Crippen molar-refractivity contribution in [3.8, 4) is 0 Å². The molecular formula is C15H20N4O4. The summed E-state index contributed by atoms with van der Waals surface area (Å²) in [6.07, 6.45) is 0. The highest BCUT2D eigenvalue weighted by atomic mass is 16.5. The Morgan fingerprint density at radius 1 is 1.43 bits per heavy atom. The van der Waals surface area contributed by atoms with Crippen molar-refractivity contribution in [3.63, 3.8) is 0 Å². The summed E-state index contributed by atoms with van der Waals surface area (Å²) in [7, 11) is 0. The lowest BCUT2D eigenvalue weighted by atomic mass is 10.2. The number of carbonyl (C=O) groups excluding carboxylic acids is 1. The highest BCUT2D eigenvalue weighted by Crippen LogP contribution is 2.28. The van der Waals surface area contributed by atoms with E-state index in [9.17, 15) is 9.59 Å². The summed E-state index contributed by atoms with van der Waals surface area (Å²) >= 11 is 0. The summed E-state index contributed by atoms with van der Waals surface area (Å²) in [6, 6.07) is 0.180. The first-order valence-electron chi connectivity index (χ1n) is 7.57.